The Morgan fingerprint density at radius 3 is 2.90 bits per heavy atom. The van der Waals surface area contributed by atoms with Gasteiger partial charge in [0.25, 0.3) is 0 Å². The van der Waals surface area contributed by atoms with Crippen molar-refractivity contribution < 1.29 is 14.9 Å². The average Bonchev–Trinajstić information content (AvgIpc) is 2.97. The highest BCUT2D eigenvalue weighted by Gasteiger charge is 2.43. The summed E-state index contributed by atoms with van der Waals surface area (Å²) in [5.74, 6) is 0.862. The summed E-state index contributed by atoms with van der Waals surface area (Å²) in [6.45, 7) is 0. The fraction of sp³-hybridized carbons (Fsp3) is 0.545. The zero-order valence-corrected chi connectivity index (χ0v) is 11.6. The lowest BCUT2D eigenvalue weighted by atomic mass is 10.1. The molecule has 1 saturated heterocycles. The monoisotopic (exact) mass is 297 g/mol. The zero-order chi connectivity index (χ0) is 14.3. The number of hydrogen-bond donors (Lipinski definition) is 3. The molecule has 2 aromatic rings. The molecule has 0 radical (unpaired) electrons. The lowest BCUT2D eigenvalue weighted by Gasteiger charge is -2.16. The third kappa shape index (κ3) is 2.03. The number of thioether (sulfide) groups is 1. The molecule has 4 N–H and O–H groups in total. The van der Waals surface area contributed by atoms with Gasteiger partial charge in [-0.1, -0.05) is 0 Å². The van der Waals surface area contributed by atoms with Gasteiger partial charge in [-0.3, -0.25) is 4.57 Å². The Bertz CT molecular complexity index is 621. The number of aromatic nitrogens is 4. The largest absolute Gasteiger partial charge is 0.387 e. The molecule has 0 bridgehead atoms. The maximum absolute atomic E-state index is 10.1. The van der Waals surface area contributed by atoms with Gasteiger partial charge in [0.1, 0.15) is 24.1 Å². The smallest absolute Gasteiger partial charge is 0.167 e. The first kappa shape index (κ1) is 13.6. The van der Waals surface area contributed by atoms with Crippen LogP contribution >= 0.6 is 11.8 Å². The summed E-state index contributed by atoms with van der Waals surface area (Å²) in [5, 5.41) is 20.2. The molecule has 0 spiro atoms. The summed E-state index contributed by atoms with van der Waals surface area (Å²) >= 11 is 1.54. The summed E-state index contributed by atoms with van der Waals surface area (Å²) < 4.78 is 7.29. The number of imidazole rings is 1. The van der Waals surface area contributed by atoms with Crippen LogP contribution in [0.25, 0.3) is 11.2 Å². The van der Waals surface area contributed by atoms with Gasteiger partial charge in [-0.25, -0.2) is 15.0 Å². The molecule has 4 atom stereocenters. The summed E-state index contributed by atoms with van der Waals surface area (Å²) in [6, 6.07) is 0. The van der Waals surface area contributed by atoms with Gasteiger partial charge < -0.3 is 20.7 Å². The first-order chi connectivity index (χ1) is 9.63. The molecule has 0 saturated carbocycles. The molecule has 108 valence electrons. The number of nitrogens with zero attached hydrogens (tertiary/aromatic N) is 4. The van der Waals surface area contributed by atoms with Crippen molar-refractivity contribution in [3.8, 4) is 0 Å². The second-order valence-electron chi connectivity index (χ2n) is 4.58. The Labute approximate surface area is 119 Å². The summed E-state index contributed by atoms with van der Waals surface area (Å²) in [5.41, 5.74) is 6.64. The van der Waals surface area contributed by atoms with Crippen LogP contribution in [0, 0.1) is 0 Å². The average molecular weight is 297 g/mol. The topological polar surface area (TPSA) is 119 Å². The number of nitrogen functional groups attached to an aromatic ring is 1. The van der Waals surface area contributed by atoms with Crippen LogP contribution in [0.3, 0.4) is 0 Å². The van der Waals surface area contributed by atoms with Crippen LogP contribution in [-0.4, -0.2) is 60.1 Å². The number of aliphatic hydroxyl groups is 2. The lowest BCUT2D eigenvalue weighted by molar-refractivity contribution is -0.0288. The van der Waals surface area contributed by atoms with E-state index in [2.05, 4.69) is 15.0 Å². The van der Waals surface area contributed by atoms with Crippen molar-refractivity contribution >= 4 is 28.7 Å². The van der Waals surface area contributed by atoms with E-state index in [1.807, 2.05) is 6.26 Å². The minimum absolute atomic E-state index is 0.266. The first-order valence-electron chi connectivity index (χ1n) is 6.07. The third-order valence-electron chi connectivity index (χ3n) is 3.33. The molecule has 1 aliphatic heterocycles. The van der Waals surface area contributed by atoms with Crippen molar-refractivity contribution in [3.05, 3.63) is 12.7 Å². The van der Waals surface area contributed by atoms with E-state index in [-0.39, 0.29) is 5.82 Å². The van der Waals surface area contributed by atoms with Crippen LogP contribution in [0.1, 0.15) is 6.23 Å². The maximum atomic E-state index is 10.1. The quantitative estimate of drug-likeness (QED) is 0.686. The van der Waals surface area contributed by atoms with Crippen molar-refractivity contribution in [2.24, 2.45) is 0 Å². The molecule has 9 heteroatoms. The molecular weight excluding hydrogens is 282 g/mol. The summed E-state index contributed by atoms with van der Waals surface area (Å²) in [7, 11) is 0. The van der Waals surface area contributed by atoms with Crippen molar-refractivity contribution in [3.63, 3.8) is 0 Å². The number of fused-ring (bicyclic) bond motifs is 1. The molecule has 8 nitrogen and oxygen atoms in total. The van der Waals surface area contributed by atoms with Crippen molar-refractivity contribution in [1.82, 2.24) is 19.5 Å². The molecule has 0 amide bonds. The van der Waals surface area contributed by atoms with Gasteiger partial charge in [0.15, 0.2) is 17.7 Å². The normalized spacial score (nSPS) is 30.1. The first-order valence-corrected chi connectivity index (χ1v) is 7.46. The molecule has 1 fully saturated rings. The van der Waals surface area contributed by atoms with Gasteiger partial charge in [0, 0.05) is 5.75 Å². The van der Waals surface area contributed by atoms with E-state index < -0.39 is 24.5 Å². The maximum Gasteiger partial charge on any atom is 0.167 e. The van der Waals surface area contributed by atoms with Crippen LogP contribution in [0.4, 0.5) is 5.82 Å². The van der Waals surface area contributed by atoms with E-state index in [4.69, 9.17) is 10.5 Å². The second-order valence-corrected chi connectivity index (χ2v) is 5.50. The highest BCUT2D eigenvalue weighted by Crippen LogP contribution is 2.32. The number of nitrogens with two attached hydrogens (primary N) is 1. The molecule has 1 aliphatic rings. The van der Waals surface area contributed by atoms with Gasteiger partial charge >= 0.3 is 0 Å². The van der Waals surface area contributed by atoms with Gasteiger partial charge in [-0.15, -0.1) is 0 Å². The van der Waals surface area contributed by atoms with Crippen LogP contribution in [0.2, 0.25) is 0 Å². The van der Waals surface area contributed by atoms with E-state index in [9.17, 15) is 10.2 Å². The number of anilines is 1. The van der Waals surface area contributed by atoms with Crippen molar-refractivity contribution in [1.29, 1.82) is 0 Å². The minimum Gasteiger partial charge on any atom is -0.387 e. The lowest BCUT2D eigenvalue weighted by Crippen LogP contribution is -2.32. The highest BCUT2D eigenvalue weighted by molar-refractivity contribution is 7.98. The van der Waals surface area contributed by atoms with Crippen LogP contribution in [0.5, 0.6) is 0 Å². The Morgan fingerprint density at radius 1 is 1.35 bits per heavy atom. The summed E-state index contributed by atoms with van der Waals surface area (Å²) in [6.07, 6.45) is 1.58. The number of aliphatic hydroxyl groups excluding tert-OH is 2. The van der Waals surface area contributed by atoms with E-state index >= 15 is 0 Å². The predicted molar refractivity (Wildman–Crippen MR) is 74.0 cm³/mol. The van der Waals surface area contributed by atoms with Gasteiger partial charge in [-0.2, -0.15) is 11.8 Å². The Morgan fingerprint density at radius 2 is 2.15 bits per heavy atom. The zero-order valence-electron chi connectivity index (χ0n) is 10.7. The van der Waals surface area contributed by atoms with E-state index in [0.717, 1.165) is 0 Å². The minimum atomic E-state index is -1.04. The third-order valence-corrected chi connectivity index (χ3v) is 3.99. The SMILES string of the molecule is CSCC1OC(n2cnc3c(N)ncnc32)C(O)[C@@H]1O. The van der Waals surface area contributed by atoms with Crippen molar-refractivity contribution in [2.45, 2.75) is 24.5 Å². The van der Waals surface area contributed by atoms with Gasteiger partial charge in [0.2, 0.25) is 0 Å². The Balaban J connectivity index is 1.97. The summed E-state index contributed by atoms with van der Waals surface area (Å²) in [4.78, 5) is 12.1. The van der Waals surface area contributed by atoms with E-state index in [1.165, 1.54) is 12.7 Å². The molecule has 0 aromatic carbocycles. The predicted octanol–water partition coefficient (Wildman–Crippen LogP) is -0.609. The Kier molecular flexibility index (Phi) is 3.50. The van der Waals surface area contributed by atoms with Crippen molar-refractivity contribution in [2.75, 3.05) is 17.7 Å². The van der Waals surface area contributed by atoms with Gasteiger partial charge in [-0.05, 0) is 6.26 Å². The van der Waals surface area contributed by atoms with Crippen LogP contribution in [-0.2, 0) is 4.74 Å². The molecule has 3 rings (SSSR count). The molecular formula is C11H15N5O3S. The molecule has 3 unspecified atom stereocenters. The molecule has 3 heterocycles. The standard InChI is InChI=1S/C11H15N5O3S/c1-20-2-5-7(17)8(18)11(19-5)16-4-15-6-9(12)13-3-14-10(6)16/h3-5,7-8,11,17-18H,2H2,1H3,(H2,12,13,14)/t5?,7-,8?,11?/m1/s1. The Hall–Kier alpha value is -1.42. The van der Waals surface area contributed by atoms with E-state index in [0.29, 0.717) is 16.9 Å². The number of rotatable bonds is 3. The second kappa shape index (κ2) is 5.17. The van der Waals surface area contributed by atoms with Crippen LogP contribution in [0.15, 0.2) is 12.7 Å². The molecule has 0 aliphatic carbocycles. The molecule has 2 aromatic heterocycles. The fourth-order valence-electron chi connectivity index (χ4n) is 2.32. The van der Waals surface area contributed by atoms with Crippen LogP contribution < -0.4 is 5.73 Å². The fourth-order valence-corrected chi connectivity index (χ4v) is 2.92. The highest BCUT2D eigenvalue weighted by atomic mass is 32.2. The van der Waals surface area contributed by atoms with E-state index in [1.54, 1.807) is 16.3 Å². The van der Waals surface area contributed by atoms with Gasteiger partial charge in [0.05, 0.1) is 12.4 Å². The molecule has 20 heavy (non-hydrogen) atoms. The number of hydrogen-bond acceptors (Lipinski definition) is 8. The number of ether oxygens (including phenoxy) is 1.